The topological polar surface area (TPSA) is 91.2 Å². The largest absolute Gasteiger partial charge is 0.462 e. The first-order valence-corrected chi connectivity index (χ1v) is 12.0. The number of ether oxygens (including phenoxy) is 2. The Balaban J connectivity index is 1.54. The van der Waals surface area contributed by atoms with E-state index in [0.717, 1.165) is 42.5 Å². The van der Waals surface area contributed by atoms with Crippen molar-refractivity contribution < 1.29 is 14.3 Å². The van der Waals surface area contributed by atoms with Crippen LogP contribution >= 0.6 is 0 Å². The number of aryl methyl sites for hydroxylation is 1. The molecule has 180 valence electrons. The first kappa shape index (κ1) is 23.9. The molecule has 2 aromatic heterocycles. The number of carbonyl (C=O) groups excluding carboxylic acids is 1. The van der Waals surface area contributed by atoms with Crippen molar-refractivity contribution in [2.24, 2.45) is 0 Å². The van der Waals surface area contributed by atoms with E-state index in [1.54, 1.807) is 18.5 Å². The summed E-state index contributed by atoms with van der Waals surface area (Å²) in [6, 6.07) is 7.70. The monoisotopic (exact) mass is 463 g/mol. The summed E-state index contributed by atoms with van der Waals surface area (Å²) in [5, 5.41) is 7.82. The Morgan fingerprint density at radius 2 is 1.97 bits per heavy atom. The van der Waals surface area contributed by atoms with E-state index >= 15 is 0 Å². The van der Waals surface area contributed by atoms with Gasteiger partial charge in [-0.2, -0.15) is 5.10 Å². The summed E-state index contributed by atoms with van der Waals surface area (Å²) in [5.74, 6) is 0.112. The molecule has 0 amide bonds. The highest BCUT2D eigenvalue weighted by Crippen LogP contribution is 2.30. The molecule has 1 N–H and O–H groups in total. The molecule has 1 aromatic carbocycles. The third-order valence-electron chi connectivity index (χ3n) is 6.01. The lowest BCUT2D eigenvalue weighted by Crippen LogP contribution is -2.31. The third-order valence-corrected chi connectivity index (χ3v) is 6.01. The van der Waals surface area contributed by atoms with E-state index in [1.807, 2.05) is 36.0 Å². The second-order valence-corrected chi connectivity index (χ2v) is 8.98. The molecule has 4 rings (SSSR count). The Hall–Kier alpha value is -3.26. The van der Waals surface area contributed by atoms with Gasteiger partial charge < -0.3 is 14.8 Å². The summed E-state index contributed by atoms with van der Waals surface area (Å²) in [7, 11) is 0. The van der Waals surface area contributed by atoms with Gasteiger partial charge >= 0.3 is 5.97 Å². The number of nitrogens with one attached hydrogen (secondary N) is 1. The number of nitrogens with zero attached hydrogens (tertiary/aromatic N) is 4. The van der Waals surface area contributed by atoms with Crippen LogP contribution in [0.1, 0.15) is 68.4 Å². The quantitative estimate of drug-likeness (QED) is 0.349. The van der Waals surface area contributed by atoms with Gasteiger partial charge in [-0.15, -0.1) is 0 Å². The van der Waals surface area contributed by atoms with Gasteiger partial charge in [0.05, 0.1) is 48.0 Å². The van der Waals surface area contributed by atoms with Crippen molar-refractivity contribution in [2.45, 2.75) is 71.6 Å². The standard InChI is InChI=1S/C26H33N5O3/c1-5-6-11-33-25(32)23-10-8-7-9-22(23)24-17(2)14-27-26(30-24)29-20-15-28-31(16-20)21-12-18(3)34-19(4)13-21/h7-10,14-16,18-19,21H,5-6,11-13H2,1-4H3,(H,27,29,30). The Bertz CT molecular complexity index is 1120. The van der Waals surface area contributed by atoms with Gasteiger partial charge in [-0.25, -0.2) is 14.8 Å². The zero-order valence-corrected chi connectivity index (χ0v) is 20.3. The van der Waals surface area contributed by atoms with Crippen LogP contribution in [0.5, 0.6) is 0 Å². The zero-order chi connectivity index (χ0) is 24.1. The van der Waals surface area contributed by atoms with Crippen molar-refractivity contribution in [2.75, 3.05) is 11.9 Å². The van der Waals surface area contributed by atoms with E-state index in [0.29, 0.717) is 29.9 Å². The summed E-state index contributed by atoms with van der Waals surface area (Å²) in [4.78, 5) is 21.9. The highest BCUT2D eigenvalue weighted by molar-refractivity contribution is 5.97. The number of hydrogen-bond donors (Lipinski definition) is 1. The summed E-state index contributed by atoms with van der Waals surface area (Å²) >= 11 is 0. The normalized spacial score (nSPS) is 20.2. The lowest BCUT2D eigenvalue weighted by molar-refractivity contribution is -0.0506. The van der Waals surface area contributed by atoms with E-state index in [1.165, 1.54) is 0 Å². The molecular formula is C26H33N5O3. The highest BCUT2D eigenvalue weighted by atomic mass is 16.5. The average Bonchev–Trinajstić information content (AvgIpc) is 3.28. The minimum Gasteiger partial charge on any atom is -0.462 e. The molecule has 1 aliphatic rings. The van der Waals surface area contributed by atoms with Crippen LogP contribution in [0.2, 0.25) is 0 Å². The number of aromatic nitrogens is 4. The van der Waals surface area contributed by atoms with Gasteiger partial charge in [0, 0.05) is 18.0 Å². The van der Waals surface area contributed by atoms with E-state index in [9.17, 15) is 4.79 Å². The molecule has 2 unspecified atom stereocenters. The van der Waals surface area contributed by atoms with Gasteiger partial charge in [-0.1, -0.05) is 31.5 Å². The fraction of sp³-hybridized carbons (Fsp3) is 0.462. The fourth-order valence-corrected chi connectivity index (χ4v) is 4.35. The molecule has 1 aliphatic heterocycles. The molecule has 8 heteroatoms. The molecule has 0 bridgehead atoms. The Morgan fingerprint density at radius 1 is 1.21 bits per heavy atom. The minimum atomic E-state index is -0.335. The fourth-order valence-electron chi connectivity index (χ4n) is 4.35. The van der Waals surface area contributed by atoms with E-state index in [2.05, 4.69) is 36.2 Å². The van der Waals surface area contributed by atoms with Crippen LogP contribution in [0.4, 0.5) is 11.6 Å². The van der Waals surface area contributed by atoms with Crippen LogP contribution in [0.3, 0.4) is 0 Å². The predicted molar refractivity (Wildman–Crippen MR) is 131 cm³/mol. The Kier molecular flexibility index (Phi) is 7.57. The van der Waals surface area contributed by atoms with Gasteiger partial charge in [0.15, 0.2) is 0 Å². The van der Waals surface area contributed by atoms with Crippen molar-refractivity contribution in [3.05, 3.63) is 54.0 Å². The van der Waals surface area contributed by atoms with Gasteiger partial charge in [0.25, 0.3) is 0 Å². The van der Waals surface area contributed by atoms with Crippen molar-refractivity contribution >= 4 is 17.6 Å². The number of esters is 1. The number of carbonyl (C=O) groups is 1. The Morgan fingerprint density at radius 3 is 2.74 bits per heavy atom. The van der Waals surface area contributed by atoms with E-state index in [4.69, 9.17) is 14.5 Å². The zero-order valence-electron chi connectivity index (χ0n) is 20.3. The van der Waals surface area contributed by atoms with Crippen molar-refractivity contribution in [1.82, 2.24) is 19.7 Å². The number of unbranched alkanes of at least 4 members (excludes halogenated alkanes) is 1. The number of hydrogen-bond acceptors (Lipinski definition) is 7. The van der Waals surface area contributed by atoms with Crippen LogP contribution in [0.15, 0.2) is 42.9 Å². The maximum atomic E-state index is 12.7. The lowest BCUT2D eigenvalue weighted by Gasteiger charge is -2.32. The van der Waals surface area contributed by atoms with Gasteiger partial charge in [0.2, 0.25) is 5.95 Å². The third kappa shape index (κ3) is 5.62. The van der Waals surface area contributed by atoms with Crippen molar-refractivity contribution in [1.29, 1.82) is 0 Å². The number of rotatable bonds is 8. The first-order valence-electron chi connectivity index (χ1n) is 12.0. The molecule has 0 saturated carbocycles. The summed E-state index contributed by atoms with van der Waals surface area (Å²) < 4.78 is 13.3. The predicted octanol–water partition coefficient (Wildman–Crippen LogP) is 5.48. The summed E-state index contributed by atoms with van der Waals surface area (Å²) in [5.41, 5.74) is 3.61. The smallest absolute Gasteiger partial charge is 0.338 e. The van der Waals surface area contributed by atoms with Crippen LogP contribution in [0.25, 0.3) is 11.3 Å². The lowest BCUT2D eigenvalue weighted by atomic mass is 10.0. The maximum Gasteiger partial charge on any atom is 0.338 e. The minimum absolute atomic E-state index is 0.214. The van der Waals surface area contributed by atoms with Crippen molar-refractivity contribution in [3.63, 3.8) is 0 Å². The molecule has 0 radical (unpaired) electrons. The summed E-state index contributed by atoms with van der Waals surface area (Å²) in [6.45, 7) is 8.61. The van der Waals surface area contributed by atoms with Crippen LogP contribution in [-0.4, -0.2) is 44.5 Å². The van der Waals surface area contributed by atoms with E-state index in [-0.39, 0.29) is 18.2 Å². The first-order chi connectivity index (χ1) is 16.4. The van der Waals surface area contributed by atoms with Gasteiger partial charge in [-0.05, 0) is 51.7 Å². The van der Waals surface area contributed by atoms with Crippen molar-refractivity contribution in [3.8, 4) is 11.3 Å². The molecule has 3 heterocycles. The molecule has 3 aromatic rings. The molecular weight excluding hydrogens is 430 g/mol. The second-order valence-electron chi connectivity index (χ2n) is 8.98. The van der Waals surface area contributed by atoms with E-state index < -0.39 is 0 Å². The average molecular weight is 464 g/mol. The maximum absolute atomic E-state index is 12.7. The molecule has 0 aliphatic carbocycles. The highest BCUT2D eigenvalue weighted by Gasteiger charge is 2.26. The van der Waals surface area contributed by atoms with Crippen LogP contribution in [-0.2, 0) is 9.47 Å². The van der Waals surface area contributed by atoms with Crippen LogP contribution in [0, 0.1) is 6.92 Å². The Labute approximate surface area is 200 Å². The number of benzene rings is 1. The van der Waals surface area contributed by atoms with Gasteiger partial charge in [-0.3, -0.25) is 4.68 Å². The SMILES string of the molecule is CCCCOC(=O)c1ccccc1-c1nc(Nc2cnn(C3CC(C)OC(C)C3)c2)ncc1C. The molecule has 34 heavy (non-hydrogen) atoms. The molecule has 8 nitrogen and oxygen atoms in total. The summed E-state index contributed by atoms with van der Waals surface area (Å²) in [6.07, 6.45) is 9.63. The molecule has 1 saturated heterocycles. The second kappa shape index (κ2) is 10.8. The number of anilines is 2. The molecule has 2 atom stereocenters. The van der Waals surface area contributed by atoms with Crippen LogP contribution < -0.4 is 5.32 Å². The molecule has 1 fully saturated rings. The van der Waals surface area contributed by atoms with Gasteiger partial charge in [0.1, 0.15) is 0 Å². The molecule has 0 spiro atoms.